The summed E-state index contributed by atoms with van der Waals surface area (Å²) >= 11 is 1.38. The lowest BCUT2D eigenvalue weighted by molar-refractivity contribution is -0.384. The van der Waals surface area contributed by atoms with E-state index in [1.54, 1.807) is 6.07 Å². The van der Waals surface area contributed by atoms with E-state index in [1.165, 1.54) is 23.5 Å². The molecule has 1 aliphatic heterocycles. The molecule has 0 radical (unpaired) electrons. The molecule has 1 aliphatic carbocycles. The molecule has 8 nitrogen and oxygen atoms in total. The maximum atomic E-state index is 13.1. The number of hydrogen-bond donors (Lipinski definition) is 2. The average Bonchev–Trinajstić information content (AvgIpc) is 3.34. The number of benzene rings is 1. The smallest absolute Gasteiger partial charge is 0.270 e. The van der Waals surface area contributed by atoms with Gasteiger partial charge in [0.25, 0.3) is 17.5 Å². The van der Waals surface area contributed by atoms with Gasteiger partial charge in [-0.25, -0.2) is 0 Å². The first-order valence-corrected chi connectivity index (χ1v) is 10.6. The van der Waals surface area contributed by atoms with Gasteiger partial charge in [-0.05, 0) is 50.2 Å². The Morgan fingerprint density at radius 1 is 1.14 bits per heavy atom. The fourth-order valence-electron chi connectivity index (χ4n) is 4.14. The summed E-state index contributed by atoms with van der Waals surface area (Å²) in [7, 11) is 0. The van der Waals surface area contributed by atoms with Crippen molar-refractivity contribution in [1.29, 1.82) is 0 Å². The number of amides is 2. The SMILES string of the molecule is NC(=O)c1c(NC(=O)c2cc([N+](=O)[O-])ccc2N2CCCC2)sc2c1CCCC2. The first kappa shape index (κ1) is 19.4. The molecule has 29 heavy (non-hydrogen) atoms. The van der Waals surface area contributed by atoms with E-state index in [-0.39, 0.29) is 11.3 Å². The number of nitrogens with two attached hydrogens (primary N) is 1. The molecule has 2 aromatic rings. The summed E-state index contributed by atoms with van der Waals surface area (Å²) in [5.41, 5.74) is 7.70. The van der Waals surface area contributed by atoms with Gasteiger partial charge in [0.2, 0.25) is 0 Å². The zero-order valence-electron chi connectivity index (χ0n) is 15.9. The first-order chi connectivity index (χ1) is 14.0. The Morgan fingerprint density at radius 3 is 2.55 bits per heavy atom. The van der Waals surface area contributed by atoms with Crippen molar-refractivity contribution in [2.75, 3.05) is 23.3 Å². The van der Waals surface area contributed by atoms with Crippen molar-refractivity contribution < 1.29 is 14.5 Å². The van der Waals surface area contributed by atoms with Crippen molar-refractivity contribution in [1.82, 2.24) is 0 Å². The number of primary amides is 1. The number of nitro groups is 1. The van der Waals surface area contributed by atoms with Gasteiger partial charge in [-0.15, -0.1) is 11.3 Å². The number of rotatable bonds is 5. The summed E-state index contributed by atoms with van der Waals surface area (Å²) in [4.78, 5) is 39.1. The minimum atomic E-state index is -0.557. The molecule has 0 bridgehead atoms. The molecule has 1 fully saturated rings. The molecule has 2 aliphatic rings. The number of non-ortho nitro benzene ring substituents is 1. The van der Waals surface area contributed by atoms with E-state index in [0.717, 1.165) is 62.1 Å². The largest absolute Gasteiger partial charge is 0.371 e. The Morgan fingerprint density at radius 2 is 1.86 bits per heavy atom. The Hall–Kier alpha value is -2.94. The van der Waals surface area contributed by atoms with Gasteiger partial charge in [0.15, 0.2) is 0 Å². The topological polar surface area (TPSA) is 119 Å². The monoisotopic (exact) mass is 414 g/mol. The average molecular weight is 414 g/mol. The number of carbonyl (C=O) groups is 2. The van der Waals surface area contributed by atoms with Crippen molar-refractivity contribution in [3.8, 4) is 0 Å². The van der Waals surface area contributed by atoms with Crippen LogP contribution in [0, 0.1) is 10.1 Å². The van der Waals surface area contributed by atoms with E-state index in [2.05, 4.69) is 10.2 Å². The number of carbonyl (C=O) groups excluding carboxylic acids is 2. The van der Waals surface area contributed by atoms with Crippen molar-refractivity contribution in [2.45, 2.75) is 38.5 Å². The lowest BCUT2D eigenvalue weighted by atomic mass is 9.95. The fraction of sp³-hybridized carbons (Fsp3) is 0.400. The minimum Gasteiger partial charge on any atom is -0.371 e. The zero-order valence-corrected chi connectivity index (χ0v) is 16.7. The minimum absolute atomic E-state index is 0.140. The summed E-state index contributed by atoms with van der Waals surface area (Å²) in [5.74, 6) is -1.02. The molecule has 9 heteroatoms. The number of thiophene rings is 1. The number of hydrogen-bond acceptors (Lipinski definition) is 6. The van der Waals surface area contributed by atoms with Crippen LogP contribution in [0.15, 0.2) is 18.2 Å². The Labute approximate surface area is 171 Å². The summed E-state index contributed by atoms with van der Waals surface area (Å²) in [6.45, 7) is 1.61. The quantitative estimate of drug-likeness (QED) is 0.573. The van der Waals surface area contributed by atoms with Crippen LogP contribution in [0.5, 0.6) is 0 Å². The second-order valence-corrected chi connectivity index (χ2v) is 8.49. The zero-order chi connectivity index (χ0) is 20.5. The molecule has 0 atom stereocenters. The van der Waals surface area contributed by atoms with Crippen molar-refractivity contribution >= 4 is 39.5 Å². The van der Waals surface area contributed by atoms with Crippen molar-refractivity contribution in [2.24, 2.45) is 5.73 Å². The van der Waals surface area contributed by atoms with Crippen LogP contribution in [0.4, 0.5) is 16.4 Å². The highest BCUT2D eigenvalue weighted by molar-refractivity contribution is 7.17. The number of anilines is 2. The number of nitrogens with one attached hydrogen (secondary N) is 1. The molecule has 2 heterocycles. The summed E-state index contributed by atoms with van der Waals surface area (Å²) in [6.07, 6.45) is 5.70. The maximum absolute atomic E-state index is 13.1. The van der Waals surface area contributed by atoms with E-state index in [0.29, 0.717) is 16.3 Å². The molecule has 152 valence electrons. The molecule has 1 aromatic carbocycles. The Bertz CT molecular complexity index is 995. The highest BCUT2D eigenvalue weighted by atomic mass is 32.1. The molecule has 4 rings (SSSR count). The van der Waals surface area contributed by atoms with Crippen LogP contribution in [-0.4, -0.2) is 29.8 Å². The lowest BCUT2D eigenvalue weighted by Crippen LogP contribution is -2.23. The summed E-state index contributed by atoms with van der Waals surface area (Å²) < 4.78 is 0. The molecule has 3 N–H and O–H groups in total. The molecule has 0 spiro atoms. The van der Waals surface area contributed by atoms with Gasteiger partial charge in [0, 0.05) is 30.1 Å². The molecule has 0 saturated carbocycles. The summed E-state index contributed by atoms with van der Waals surface area (Å²) in [6, 6.07) is 4.36. The van der Waals surface area contributed by atoms with Crippen molar-refractivity contribution in [3.05, 3.63) is 49.9 Å². The third kappa shape index (κ3) is 3.69. The normalized spacial score (nSPS) is 15.8. The standard InChI is InChI=1S/C20H22N4O4S/c21-18(25)17-13-5-1-2-6-16(13)29-20(17)22-19(26)14-11-12(24(27)28)7-8-15(14)23-9-3-4-10-23/h7-8,11H,1-6,9-10H2,(H2,21,25)(H,22,26). The Kier molecular flexibility index (Phi) is 5.23. The number of aryl methyl sites for hydroxylation is 1. The van der Waals surface area contributed by atoms with Crippen LogP contribution in [-0.2, 0) is 12.8 Å². The molecular formula is C20H22N4O4S. The number of nitrogens with zero attached hydrogens (tertiary/aromatic N) is 2. The fourth-order valence-corrected chi connectivity index (χ4v) is 5.43. The maximum Gasteiger partial charge on any atom is 0.270 e. The molecule has 2 amide bonds. The third-order valence-electron chi connectivity index (χ3n) is 5.53. The van der Waals surface area contributed by atoms with Gasteiger partial charge >= 0.3 is 0 Å². The second kappa shape index (κ2) is 7.82. The number of nitro benzene ring substituents is 1. The molecule has 0 unspecified atom stereocenters. The Balaban J connectivity index is 1.71. The highest BCUT2D eigenvalue weighted by Gasteiger charge is 2.27. The van der Waals surface area contributed by atoms with Gasteiger partial charge in [-0.1, -0.05) is 0 Å². The van der Waals surface area contributed by atoms with E-state index in [4.69, 9.17) is 5.73 Å². The van der Waals surface area contributed by atoms with Crippen LogP contribution in [0.2, 0.25) is 0 Å². The highest BCUT2D eigenvalue weighted by Crippen LogP contribution is 2.38. The van der Waals surface area contributed by atoms with Crippen LogP contribution >= 0.6 is 11.3 Å². The predicted octanol–water partition coefficient (Wildman–Crippen LogP) is 3.49. The van der Waals surface area contributed by atoms with Gasteiger partial charge in [-0.2, -0.15) is 0 Å². The van der Waals surface area contributed by atoms with E-state index in [1.807, 2.05) is 0 Å². The van der Waals surface area contributed by atoms with E-state index in [9.17, 15) is 19.7 Å². The van der Waals surface area contributed by atoms with Crippen LogP contribution in [0.25, 0.3) is 0 Å². The third-order valence-corrected chi connectivity index (χ3v) is 6.73. The van der Waals surface area contributed by atoms with E-state index < -0.39 is 16.7 Å². The van der Waals surface area contributed by atoms with Gasteiger partial charge < -0.3 is 16.0 Å². The first-order valence-electron chi connectivity index (χ1n) is 9.75. The van der Waals surface area contributed by atoms with Crippen LogP contribution in [0.3, 0.4) is 0 Å². The summed E-state index contributed by atoms with van der Waals surface area (Å²) in [5, 5.41) is 14.5. The number of fused-ring (bicyclic) bond motifs is 1. The van der Waals surface area contributed by atoms with Gasteiger partial charge in [-0.3, -0.25) is 19.7 Å². The van der Waals surface area contributed by atoms with Gasteiger partial charge in [0.1, 0.15) is 5.00 Å². The van der Waals surface area contributed by atoms with Crippen LogP contribution in [0.1, 0.15) is 56.8 Å². The van der Waals surface area contributed by atoms with Crippen molar-refractivity contribution in [3.63, 3.8) is 0 Å². The molecule has 1 saturated heterocycles. The van der Waals surface area contributed by atoms with Crippen LogP contribution < -0.4 is 16.0 Å². The molecule has 1 aromatic heterocycles. The predicted molar refractivity (Wildman–Crippen MR) is 112 cm³/mol. The lowest BCUT2D eigenvalue weighted by Gasteiger charge is -2.20. The molecular weight excluding hydrogens is 392 g/mol. The van der Waals surface area contributed by atoms with E-state index >= 15 is 0 Å². The second-order valence-electron chi connectivity index (χ2n) is 7.39. The van der Waals surface area contributed by atoms with Gasteiger partial charge in [0.05, 0.1) is 21.7 Å².